The predicted molar refractivity (Wildman–Crippen MR) is 77.9 cm³/mol. The molecule has 2 rings (SSSR count). The highest BCUT2D eigenvalue weighted by molar-refractivity contribution is 5.75. The van der Waals surface area contributed by atoms with Crippen LogP contribution in [0.4, 0.5) is 4.39 Å². The van der Waals surface area contributed by atoms with Gasteiger partial charge in [-0.25, -0.2) is 4.39 Å². The first-order valence-corrected chi connectivity index (χ1v) is 6.02. The number of hydrogen-bond donors (Lipinski definition) is 0. The second-order valence-corrected chi connectivity index (χ2v) is 3.91. The molecule has 0 unspecified atom stereocenters. The molecule has 0 atom stereocenters. The summed E-state index contributed by atoms with van der Waals surface area (Å²) in [6, 6.07) is 1.47. The van der Waals surface area contributed by atoms with Crippen LogP contribution in [0.3, 0.4) is 0 Å². The number of halogens is 1. The summed E-state index contributed by atoms with van der Waals surface area (Å²) in [4.78, 5) is 3.87. The fourth-order valence-electron chi connectivity index (χ4n) is 1.59. The van der Waals surface area contributed by atoms with E-state index in [1.165, 1.54) is 12.3 Å². The Morgan fingerprint density at radius 2 is 1.37 bits per heavy atom. The average molecular weight is 251 g/mol. The van der Waals surface area contributed by atoms with Crippen molar-refractivity contribution in [3.8, 4) is 0 Å². The molecule has 1 aromatic rings. The zero-order chi connectivity index (χ0) is 13.3. The van der Waals surface area contributed by atoms with E-state index in [0.717, 1.165) is 11.1 Å². The van der Waals surface area contributed by atoms with Crippen molar-refractivity contribution in [2.75, 3.05) is 0 Å². The molecule has 0 aromatic carbocycles. The maximum absolute atomic E-state index is 13.2. The maximum atomic E-state index is 13.2. The largest absolute Gasteiger partial charge is 0.261 e. The molecule has 0 spiro atoms. The zero-order valence-corrected chi connectivity index (χ0v) is 10.4. The Morgan fingerprint density at radius 3 is 2.05 bits per heavy atom. The Kier molecular flexibility index (Phi) is 4.82. The van der Waals surface area contributed by atoms with Crippen molar-refractivity contribution in [1.29, 1.82) is 0 Å². The van der Waals surface area contributed by atoms with Crippen molar-refractivity contribution in [3.63, 3.8) is 0 Å². The maximum Gasteiger partial charge on any atom is 0.142 e. The molecule has 0 radical (unpaired) electrons. The van der Waals surface area contributed by atoms with Crippen LogP contribution >= 0.6 is 0 Å². The van der Waals surface area contributed by atoms with Gasteiger partial charge >= 0.3 is 0 Å². The number of allylic oxidation sites excluding steroid dienone is 12. The fraction of sp³-hybridized carbons (Fsp3) is 0. The van der Waals surface area contributed by atoms with Crippen molar-refractivity contribution >= 4 is 5.57 Å². The number of aromatic nitrogens is 1. The molecular formula is C17H14FN. The quantitative estimate of drug-likeness (QED) is 0.721. The normalized spacial score (nSPS) is 26.1. The molecule has 0 fully saturated rings. The topological polar surface area (TPSA) is 12.9 Å². The van der Waals surface area contributed by atoms with Crippen LogP contribution in [0.15, 0.2) is 85.3 Å². The summed E-state index contributed by atoms with van der Waals surface area (Å²) >= 11 is 0. The Hall–Kier alpha value is -2.48. The first-order chi connectivity index (χ1) is 9.36. The van der Waals surface area contributed by atoms with Gasteiger partial charge in [-0.3, -0.25) is 4.98 Å². The van der Waals surface area contributed by atoms with Gasteiger partial charge < -0.3 is 0 Å². The van der Waals surface area contributed by atoms with Crippen molar-refractivity contribution in [2.24, 2.45) is 0 Å². The lowest BCUT2D eigenvalue weighted by Crippen LogP contribution is -1.85. The third-order valence-corrected chi connectivity index (χ3v) is 2.48. The molecule has 1 aliphatic carbocycles. The van der Waals surface area contributed by atoms with Gasteiger partial charge in [0.2, 0.25) is 0 Å². The standard InChI is InChI=1S/C17H14FN/c18-17-12-16(13-19-14-17)15-10-8-6-4-2-1-3-5-7-9-11-15/h1-14H/b2-1-,3-1?,4-2?,5-3-,6-4-,7-5?,8-6?,9-7-,10-8-,11-9?,15-10?,15-11+. The summed E-state index contributed by atoms with van der Waals surface area (Å²) < 4.78 is 13.2. The molecule has 19 heavy (non-hydrogen) atoms. The van der Waals surface area contributed by atoms with Gasteiger partial charge in [0, 0.05) is 11.8 Å². The highest BCUT2D eigenvalue weighted by Gasteiger charge is 1.99. The van der Waals surface area contributed by atoms with Crippen LogP contribution < -0.4 is 0 Å². The third kappa shape index (κ3) is 4.36. The smallest absolute Gasteiger partial charge is 0.142 e. The second kappa shape index (κ2) is 7.07. The van der Waals surface area contributed by atoms with Gasteiger partial charge in [-0.15, -0.1) is 0 Å². The average Bonchev–Trinajstić information content (AvgIpc) is 2.39. The van der Waals surface area contributed by atoms with Crippen LogP contribution in [0, 0.1) is 5.82 Å². The van der Waals surface area contributed by atoms with E-state index in [1.807, 2.05) is 66.8 Å². The van der Waals surface area contributed by atoms with E-state index >= 15 is 0 Å². The highest BCUT2D eigenvalue weighted by atomic mass is 19.1. The minimum atomic E-state index is -0.333. The van der Waals surface area contributed by atoms with Gasteiger partial charge in [0.1, 0.15) is 5.82 Å². The summed E-state index contributed by atoms with van der Waals surface area (Å²) in [5.74, 6) is -0.333. The van der Waals surface area contributed by atoms with E-state index in [0.29, 0.717) is 0 Å². The SMILES string of the molecule is Fc1cncc(C2=C/C=C\C=C/C=C\C=C/C=C\2)c1. The molecule has 0 aliphatic heterocycles. The summed E-state index contributed by atoms with van der Waals surface area (Å²) in [5, 5.41) is 0. The van der Waals surface area contributed by atoms with Gasteiger partial charge in [-0.2, -0.15) is 0 Å². The third-order valence-electron chi connectivity index (χ3n) is 2.48. The molecule has 0 N–H and O–H groups in total. The Labute approximate surface area is 112 Å². The van der Waals surface area contributed by atoms with E-state index in [-0.39, 0.29) is 5.82 Å². The first kappa shape index (κ1) is 13.0. The lowest BCUT2D eigenvalue weighted by molar-refractivity contribution is 0.621. The molecular weight excluding hydrogens is 237 g/mol. The lowest BCUT2D eigenvalue weighted by Gasteiger charge is -2.01. The molecule has 0 amide bonds. The summed E-state index contributed by atoms with van der Waals surface area (Å²) in [6.45, 7) is 0. The predicted octanol–water partition coefficient (Wildman–Crippen LogP) is 4.40. The van der Waals surface area contributed by atoms with Crippen molar-refractivity contribution in [3.05, 3.63) is 96.7 Å². The van der Waals surface area contributed by atoms with Gasteiger partial charge in [-0.05, 0) is 11.6 Å². The van der Waals surface area contributed by atoms with Crippen LogP contribution in [0.1, 0.15) is 5.56 Å². The van der Waals surface area contributed by atoms with E-state index in [1.54, 1.807) is 6.20 Å². The molecule has 1 nitrogen and oxygen atoms in total. The van der Waals surface area contributed by atoms with E-state index in [9.17, 15) is 4.39 Å². The molecule has 2 heteroatoms. The number of hydrogen-bond acceptors (Lipinski definition) is 1. The summed E-state index contributed by atoms with van der Waals surface area (Å²) in [5.41, 5.74) is 1.66. The van der Waals surface area contributed by atoms with Gasteiger partial charge in [0.25, 0.3) is 0 Å². The van der Waals surface area contributed by atoms with Crippen molar-refractivity contribution in [2.45, 2.75) is 0 Å². The second-order valence-electron chi connectivity index (χ2n) is 3.91. The van der Waals surface area contributed by atoms with Crippen LogP contribution in [0.5, 0.6) is 0 Å². The van der Waals surface area contributed by atoms with Gasteiger partial charge in [-0.1, -0.05) is 66.8 Å². The van der Waals surface area contributed by atoms with Crippen molar-refractivity contribution in [1.82, 2.24) is 4.98 Å². The number of nitrogens with zero attached hydrogens (tertiary/aromatic N) is 1. The molecule has 0 saturated heterocycles. The van der Waals surface area contributed by atoms with Gasteiger partial charge in [0.15, 0.2) is 0 Å². The van der Waals surface area contributed by atoms with Gasteiger partial charge in [0.05, 0.1) is 6.20 Å². The molecule has 0 saturated carbocycles. The molecule has 94 valence electrons. The number of rotatable bonds is 1. The Bertz CT molecular complexity index is 601. The number of pyridine rings is 1. The zero-order valence-electron chi connectivity index (χ0n) is 10.4. The lowest BCUT2D eigenvalue weighted by atomic mass is 10.1. The fourth-order valence-corrected chi connectivity index (χ4v) is 1.59. The minimum absolute atomic E-state index is 0.333. The molecule has 1 aliphatic rings. The van der Waals surface area contributed by atoms with E-state index in [2.05, 4.69) is 4.98 Å². The van der Waals surface area contributed by atoms with Crippen LogP contribution in [-0.2, 0) is 0 Å². The Morgan fingerprint density at radius 1 is 0.737 bits per heavy atom. The van der Waals surface area contributed by atoms with Crippen LogP contribution in [-0.4, -0.2) is 4.98 Å². The highest BCUT2D eigenvalue weighted by Crippen LogP contribution is 2.16. The minimum Gasteiger partial charge on any atom is -0.261 e. The summed E-state index contributed by atoms with van der Waals surface area (Å²) in [7, 11) is 0. The first-order valence-electron chi connectivity index (χ1n) is 6.02. The van der Waals surface area contributed by atoms with Crippen LogP contribution in [0.25, 0.3) is 5.57 Å². The molecule has 0 bridgehead atoms. The molecule has 1 aromatic heterocycles. The van der Waals surface area contributed by atoms with Crippen LogP contribution in [0.2, 0.25) is 0 Å². The monoisotopic (exact) mass is 251 g/mol. The summed E-state index contributed by atoms with van der Waals surface area (Å²) in [6.07, 6.45) is 24.1. The van der Waals surface area contributed by atoms with E-state index in [4.69, 9.17) is 0 Å². The Balaban J connectivity index is 2.35. The van der Waals surface area contributed by atoms with Crippen molar-refractivity contribution < 1.29 is 4.39 Å². The van der Waals surface area contributed by atoms with E-state index < -0.39 is 0 Å². The molecule has 1 heterocycles.